The van der Waals surface area contributed by atoms with Crippen molar-refractivity contribution in [3.63, 3.8) is 0 Å². The van der Waals surface area contributed by atoms with E-state index in [1.807, 2.05) is 60.7 Å². The van der Waals surface area contributed by atoms with Crippen molar-refractivity contribution < 1.29 is 0 Å². The van der Waals surface area contributed by atoms with Crippen LogP contribution in [0, 0.1) is 51.2 Å². The average Bonchev–Trinajstić information content (AvgIpc) is 1.54. The van der Waals surface area contributed by atoms with Gasteiger partial charge in [-0.05, 0) is 208 Å². The minimum absolute atomic E-state index is 0.284. The van der Waals surface area contributed by atoms with Crippen molar-refractivity contribution in [3.05, 3.63) is 258 Å². The molecule has 18 rings (SSSR count). The van der Waals surface area contributed by atoms with Crippen molar-refractivity contribution in [2.45, 2.75) is 46.0 Å². The number of anilines is 2. The van der Waals surface area contributed by atoms with Gasteiger partial charge in [0.05, 0.1) is 79.6 Å². The lowest BCUT2D eigenvalue weighted by atomic mass is 9.30. The molecule has 0 bridgehead atoms. The molecule has 12 aromatic carbocycles. The van der Waals surface area contributed by atoms with E-state index in [0.29, 0.717) is 28.2 Å². The fourth-order valence-electron chi connectivity index (χ4n) is 16.1. The highest BCUT2D eigenvalue weighted by Gasteiger charge is 2.43. The molecule has 0 fully saturated rings. The predicted octanol–water partition coefficient (Wildman–Crippen LogP) is 18.7. The molecule has 3 aliphatic rings. The first-order chi connectivity index (χ1) is 45.5. The maximum Gasteiger partial charge on any atom is 0.244 e. The molecule has 0 saturated carbocycles. The molecule has 1 N–H and O–H groups in total. The maximum absolute atomic E-state index is 10.2. The van der Waals surface area contributed by atoms with E-state index in [2.05, 4.69) is 235 Å². The van der Waals surface area contributed by atoms with Crippen molar-refractivity contribution >= 4 is 127 Å². The summed E-state index contributed by atoms with van der Waals surface area (Å²) in [4.78, 5) is 0. The van der Waals surface area contributed by atoms with Crippen LogP contribution in [0.1, 0.15) is 73.9 Å². The maximum atomic E-state index is 10.2. The van der Waals surface area contributed by atoms with Gasteiger partial charge in [0.15, 0.2) is 0 Å². The molecular formula is C84H55BN8. The first kappa shape index (κ1) is 53.9. The first-order valence-corrected chi connectivity index (χ1v) is 31.9. The van der Waals surface area contributed by atoms with Gasteiger partial charge < -0.3 is 19.0 Å². The van der Waals surface area contributed by atoms with Gasteiger partial charge in [-0.25, -0.2) is 0 Å². The van der Waals surface area contributed by atoms with E-state index in [1.165, 1.54) is 49.2 Å². The SMILES string of the molecule is CC1C=CC(c2c(Nc3ccc(C#N)cc3)cc3c4c(cc5c(c6ccccc6n5-c5ccc(C#N)cc5)c24)-c2cc(C(C)(C)C)cc4c2B3c2cc3c(c5ccccc5n3-c3ccc(C#N)cc3)c3c2c-4cc2c3c3ccccc3n2-c2ccc(C#N)cc2)=CCC1. The summed E-state index contributed by atoms with van der Waals surface area (Å²) in [5.41, 5.74) is 25.0. The Balaban J connectivity index is 1.09. The zero-order valence-corrected chi connectivity index (χ0v) is 51.6. The van der Waals surface area contributed by atoms with E-state index in [0.717, 1.165) is 134 Å². The summed E-state index contributed by atoms with van der Waals surface area (Å²) in [6.45, 7) is 9.00. The number of rotatable bonds is 6. The van der Waals surface area contributed by atoms with E-state index in [-0.39, 0.29) is 12.1 Å². The van der Waals surface area contributed by atoms with E-state index in [1.54, 1.807) is 0 Å². The van der Waals surface area contributed by atoms with Crippen LogP contribution in [0.4, 0.5) is 11.4 Å². The van der Waals surface area contributed by atoms with E-state index in [9.17, 15) is 21.0 Å². The zero-order chi connectivity index (χ0) is 62.7. The summed E-state index contributed by atoms with van der Waals surface area (Å²) in [6.07, 6.45) is 9.12. The van der Waals surface area contributed by atoms with Crippen molar-refractivity contribution in [1.29, 1.82) is 21.0 Å². The number of nitriles is 4. The summed E-state index contributed by atoms with van der Waals surface area (Å²) in [6, 6.07) is 82.8. The number of nitrogens with zero attached hydrogens (tertiary/aromatic N) is 7. The van der Waals surface area contributed by atoms with Gasteiger partial charge >= 0.3 is 0 Å². The van der Waals surface area contributed by atoms with Crippen LogP contribution in [0.5, 0.6) is 0 Å². The van der Waals surface area contributed by atoms with Crippen LogP contribution in [0.3, 0.4) is 0 Å². The number of hydrogen-bond donors (Lipinski definition) is 1. The highest BCUT2D eigenvalue weighted by atomic mass is 15.0. The van der Waals surface area contributed by atoms with Gasteiger partial charge in [-0.15, -0.1) is 0 Å². The Morgan fingerprint density at radius 3 is 1.32 bits per heavy atom. The van der Waals surface area contributed by atoms with Gasteiger partial charge in [0.1, 0.15) is 0 Å². The molecule has 9 heteroatoms. The molecule has 8 nitrogen and oxygen atoms in total. The second kappa shape index (κ2) is 19.9. The molecule has 1 unspecified atom stereocenters. The molecule has 0 radical (unpaired) electrons. The lowest BCUT2D eigenvalue weighted by Crippen LogP contribution is -2.57. The molecule has 15 aromatic rings. The third kappa shape index (κ3) is 7.76. The van der Waals surface area contributed by atoms with Gasteiger partial charge in [-0.3, -0.25) is 0 Å². The first-order valence-electron chi connectivity index (χ1n) is 31.9. The Morgan fingerprint density at radius 2 is 0.860 bits per heavy atom. The van der Waals surface area contributed by atoms with Crippen LogP contribution in [0.15, 0.2) is 224 Å². The van der Waals surface area contributed by atoms with Crippen LogP contribution >= 0.6 is 0 Å². The summed E-state index contributed by atoms with van der Waals surface area (Å²) in [7, 11) is 0. The highest BCUT2D eigenvalue weighted by Crippen LogP contribution is 2.53. The number of nitrogens with one attached hydrogen (secondary N) is 1. The molecule has 0 spiro atoms. The monoisotopic (exact) mass is 1190 g/mol. The Bertz CT molecular complexity index is 6070. The van der Waals surface area contributed by atoms with Crippen molar-refractivity contribution in [2.24, 2.45) is 5.92 Å². The third-order valence-corrected chi connectivity index (χ3v) is 20.2. The smallest absolute Gasteiger partial charge is 0.244 e. The van der Waals surface area contributed by atoms with Gasteiger partial charge in [0.2, 0.25) is 6.71 Å². The third-order valence-electron chi connectivity index (χ3n) is 20.2. The molecule has 93 heavy (non-hydrogen) atoms. The number of aromatic nitrogens is 3. The van der Waals surface area contributed by atoms with Gasteiger partial charge in [0, 0.05) is 77.1 Å². The zero-order valence-electron chi connectivity index (χ0n) is 51.6. The summed E-state index contributed by atoms with van der Waals surface area (Å²) >= 11 is 0. The second-order valence-corrected chi connectivity index (χ2v) is 26.5. The quantitative estimate of drug-likeness (QED) is 0.166. The number of fused-ring (bicyclic) bond motifs is 16. The van der Waals surface area contributed by atoms with Gasteiger partial charge in [0.25, 0.3) is 0 Å². The molecule has 434 valence electrons. The molecule has 0 amide bonds. The highest BCUT2D eigenvalue weighted by molar-refractivity contribution is 7.02. The van der Waals surface area contributed by atoms with Crippen LogP contribution in [0.2, 0.25) is 0 Å². The topological polar surface area (TPSA) is 122 Å². The normalized spacial score (nSPS) is 14.0. The summed E-state index contributed by atoms with van der Waals surface area (Å²) in [5.74, 6) is 0.372. The molecule has 5 heterocycles. The summed E-state index contributed by atoms with van der Waals surface area (Å²) in [5, 5.41) is 56.2. The van der Waals surface area contributed by atoms with Crippen LogP contribution < -0.4 is 21.7 Å². The molecule has 3 aromatic heterocycles. The molecule has 1 atom stereocenters. The van der Waals surface area contributed by atoms with Gasteiger partial charge in [-0.2, -0.15) is 21.0 Å². The van der Waals surface area contributed by atoms with Crippen molar-refractivity contribution in [3.8, 4) is 63.6 Å². The molecular weight excluding hydrogens is 1130 g/mol. The lowest BCUT2D eigenvalue weighted by Gasteiger charge is -2.37. The summed E-state index contributed by atoms with van der Waals surface area (Å²) < 4.78 is 7.23. The Hall–Kier alpha value is -12.1. The fourth-order valence-corrected chi connectivity index (χ4v) is 16.1. The van der Waals surface area contributed by atoms with Crippen molar-refractivity contribution in [2.75, 3.05) is 5.32 Å². The van der Waals surface area contributed by atoms with Crippen LogP contribution in [0.25, 0.3) is 132 Å². The number of hydrogen-bond acceptors (Lipinski definition) is 5. The lowest BCUT2D eigenvalue weighted by molar-refractivity contribution is 0.591. The van der Waals surface area contributed by atoms with Crippen LogP contribution in [-0.4, -0.2) is 20.4 Å². The largest absolute Gasteiger partial charge is 0.355 e. The van der Waals surface area contributed by atoms with Crippen molar-refractivity contribution in [1.82, 2.24) is 13.7 Å². The van der Waals surface area contributed by atoms with Gasteiger partial charge in [-0.1, -0.05) is 129 Å². The standard InChI is InChI=1S/C84H55BN8/c1-48-12-11-13-53(29-20-48)75-68(90-55-30-21-49(44-86)22-31-55)42-66-76-62(40-72-78(81(75)76)59-14-5-8-17-69(59)91(72)56-32-23-50(45-87)24-33-56)64-38-54(84(2,3)4)39-65-63-41-73-79(60-15-6-9-18-70(60)92(73)57-34-25-51(46-88)26-35-57)82-77(63)67(85(66)83(64)65)43-74-80(82)61-16-7-10-19-71(61)93(74)58-36-27-52(47-89)28-37-58/h5-10,13-43,48,90H,11-12H2,1-4H3. The minimum atomic E-state index is -0.311. The number of benzene rings is 12. The average molecular weight is 1190 g/mol. The Labute approximate surface area is 537 Å². The van der Waals surface area contributed by atoms with E-state index >= 15 is 0 Å². The van der Waals surface area contributed by atoms with Crippen LogP contribution in [-0.2, 0) is 5.41 Å². The fraction of sp³-hybridized carbons (Fsp3) is 0.0952. The molecule has 2 aliphatic heterocycles. The number of para-hydroxylation sites is 3. The number of allylic oxidation sites excluding steroid dienone is 4. The Morgan fingerprint density at radius 1 is 0.441 bits per heavy atom. The predicted molar refractivity (Wildman–Crippen MR) is 383 cm³/mol. The van der Waals surface area contributed by atoms with E-state index in [4.69, 9.17) is 0 Å². The minimum Gasteiger partial charge on any atom is -0.355 e. The molecule has 1 aliphatic carbocycles. The Kier molecular flexibility index (Phi) is 11.5. The van der Waals surface area contributed by atoms with E-state index < -0.39 is 0 Å². The molecule has 0 saturated heterocycles. The second-order valence-electron chi connectivity index (χ2n) is 26.5.